The summed E-state index contributed by atoms with van der Waals surface area (Å²) in [5.41, 5.74) is 0.950. The second kappa shape index (κ2) is 6.40. The molecule has 0 bridgehead atoms. The van der Waals surface area contributed by atoms with E-state index in [-0.39, 0.29) is 0 Å². The third kappa shape index (κ3) is 3.40. The minimum Gasteiger partial charge on any atom is -0.360 e. The Kier molecular flexibility index (Phi) is 4.15. The number of nitrogens with one attached hydrogen (secondary N) is 1. The van der Waals surface area contributed by atoms with E-state index in [1.807, 2.05) is 30.3 Å². The minimum atomic E-state index is 0.477. The highest BCUT2D eigenvalue weighted by molar-refractivity contribution is 7.15. The molecule has 0 unspecified atom stereocenters. The van der Waals surface area contributed by atoms with Crippen LogP contribution >= 0.6 is 11.3 Å². The van der Waals surface area contributed by atoms with Crippen LogP contribution in [0.3, 0.4) is 0 Å². The SMILES string of the molecule is CCCNc1nnc(Cn2nnc(-c3ccccc3)n2)s1. The van der Waals surface area contributed by atoms with Gasteiger partial charge in [-0.15, -0.1) is 20.4 Å². The summed E-state index contributed by atoms with van der Waals surface area (Å²) in [5.74, 6) is 0.615. The van der Waals surface area contributed by atoms with Gasteiger partial charge in [-0.25, -0.2) is 0 Å². The lowest BCUT2D eigenvalue weighted by Gasteiger charge is -1.95. The number of hydrogen-bond acceptors (Lipinski definition) is 7. The van der Waals surface area contributed by atoms with E-state index in [0.717, 1.165) is 28.7 Å². The Bertz CT molecular complexity index is 691. The number of tetrazole rings is 1. The maximum atomic E-state index is 4.36. The summed E-state index contributed by atoms with van der Waals surface area (Å²) >= 11 is 1.51. The number of nitrogens with zero attached hydrogens (tertiary/aromatic N) is 6. The quantitative estimate of drug-likeness (QED) is 0.750. The van der Waals surface area contributed by atoms with Crippen LogP contribution in [0.5, 0.6) is 0 Å². The van der Waals surface area contributed by atoms with Crippen molar-refractivity contribution >= 4 is 16.5 Å². The fraction of sp³-hybridized carbons (Fsp3) is 0.308. The predicted octanol–water partition coefficient (Wildman–Crippen LogP) is 2.06. The zero-order chi connectivity index (χ0) is 14.5. The summed E-state index contributed by atoms with van der Waals surface area (Å²) in [5, 5.41) is 25.6. The molecule has 0 aliphatic heterocycles. The Labute approximate surface area is 126 Å². The molecule has 3 rings (SSSR count). The van der Waals surface area contributed by atoms with Crippen LogP contribution in [-0.2, 0) is 6.54 Å². The van der Waals surface area contributed by atoms with Gasteiger partial charge in [-0.1, -0.05) is 48.6 Å². The highest BCUT2D eigenvalue weighted by Crippen LogP contribution is 2.16. The molecule has 0 saturated carbocycles. The van der Waals surface area contributed by atoms with Gasteiger partial charge in [-0.2, -0.15) is 4.80 Å². The first-order valence-corrected chi connectivity index (χ1v) is 7.56. The van der Waals surface area contributed by atoms with E-state index in [2.05, 4.69) is 37.8 Å². The van der Waals surface area contributed by atoms with Crippen molar-refractivity contribution in [3.05, 3.63) is 35.3 Å². The van der Waals surface area contributed by atoms with E-state index in [9.17, 15) is 0 Å². The highest BCUT2D eigenvalue weighted by atomic mass is 32.1. The normalized spacial score (nSPS) is 10.7. The molecule has 2 aromatic heterocycles. The van der Waals surface area contributed by atoms with Crippen LogP contribution in [0.2, 0.25) is 0 Å². The molecule has 0 atom stereocenters. The van der Waals surface area contributed by atoms with Gasteiger partial charge in [0.25, 0.3) is 0 Å². The van der Waals surface area contributed by atoms with E-state index in [1.165, 1.54) is 16.1 Å². The molecule has 108 valence electrons. The van der Waals surface area contributed by atoms with Crippen LogP contribution in [0.1, 0.15) is 18.4 Å². The number of benzene rings is 1. The zero-order valence-corrected chi connectivity index (χ0v) is 12.4. The monoisotopic (exact) mass is 301 g/mol. The van der Waals surface area contributed by atoms with E-state index in [1.54, 1.807) is 0 Å². The van der Waals surface area contributed by atoms with Gasteiger partial charge in [0.2, 0.25) is 11.0 Å². The van der Waals surface area contributed by atoms with Crippen molar-refractivity contribution in [1.29, 1.82) is 0 Å². The summed E-state index contributed by atoms with van der Waals surface area (Å²) in [6, 6.07) is 9.77. The van der Waals surface area contributed by atoms with Gasteiger partial charge < -0.3 is 5.32 Å². The fourth-order valence-electron chi connectivity index (χ4n) is 1.75. The van der Waals surface area contributed by atoms with Gasteiger partial charge in [-0.05, 0) is 11.6 Å². The summed E-state index contributed by atoms with van der Waals surface area (Å²) in [4.78, 5) is 1.53. The predicted molar refractivity (Wildman–Crippen MR) is 81.0 cm³/mol. The van der Waals surface area contributed by atoms with Gasteiger partial charge in [0.1, 0.15) is 11.6 Å². The number of aromatic nitrogens is 6. The average molecular weight is 301 g/mol. The van der Waals surface area contributed by atoms with Gasteiger partial charge in [0, 0.05) is 12.1 Å². The van der Waals surface area contributed by atoms with Gasteiger partial charge >= 0.3 is 0 Å². The van der Waals surface area contributed by atoms with E-state index >= 15 is 0 Å². The third-order valence-corrected chi connectivity index (χ3v) is 3.62. The molecular formula is C13H15N7S. The van der Waals surface area contributed by atoms with E-state index in [0.29, 0.717) is 12.4 Å². The molecule has 0 amide bonds. The summed E-state index contributed by atoms with van der Waals surface area (Å²) in [6.45, 7) is 3.49. The molecule has 8 heteroatoms. The van der Waals surface area contributed by atoms with Crippen molar-refractivity contribution in [2.24, 2.45) is 0 Å². The number of rotatable bonds is 6. The van der Waals surface area contributed by atoms with Crippen LogP contribution in [0, 0.1) is 0 Å². The van der Waals surface area contributed by atoms with Crippen molar-refractivity contribution in [3.8, 4) is 11.4 Å². The number of hydrogen-bond donors (Lipinski definition) is 1. The van der Waals surface area contributed by atoms with Crippen molar-refractivity contribution in [2.45, 2.75) is 19.9 Å². The third-order valence-electron chi connectivity index (χ3n) is 2.75. The first-order valence-electron chi connectivity index (χ1n) is 6.74. The summed E-state index contributed by atoms with van der Waals surface area (Å²) in [7, 11) is 0. The molecular weight excluding hydrogens is 286 g/mol. The summed E-state index contributed by atoms with van der Waals surface area (Å²) < 4.78 is 0. The Hall–Kier alpha value is -2.35. The van der Waals surface area contributed by atoms with Crippen molar-refractivity contribution in [1.82, 2.24) is 30.4 Å². The zero-order valence-electron chi connectivity index (χ0n) is 11.6. The lowest BCUT2D eigenvalue weighted by atomic mass is 10.2. The lowest BCUT2D eigenvalue weighted by molar-refractivity contribution is 0.568. The lowest BCUT2D eigenvalue weighted by Crippen LogP contribution is -2.03. The summed E-state index contributed by atoms with van der Waals surface area (Å²) in [6.07, 6.45) is 1.06. The Morgan fingerprint density at radius 3 is 2.81 bits per heavy atom. The topological polar surface area (TPSA) is 81.4 Å². The molecule has 0 spiro atoms. The molecule has 0 radical (unpaired) electrons. The molecule has 21 heavy (non-hydrogen) atoms. The van der Waals surface area contributed by atoms with Crippen LogP contribution in [0.15, 0.2) is 30.3 Å². The van der Waals surface area contributed by atoms with Crippen LogP contribution in [-0.4, -0.2) is 36.9 Å². The van der Waals surface area contributed by atoms with E-state index in [4.69, 9.17) is 0 Å². The Morgan fingerprint density at radius 1 is 1.14 bits per heavy atom. The van der Waals surface area contributed by atoms with Crippen LogP contribution in [0.25, 0.3) is 11.4 Å². The maximum absolute atomic E-state index is 4.36. The second-order valence-electron chi connectivity index (χ2n) is 4.44. The van der Waals surface area contributed by atoms with E-state index < -0.39 is 0 Å². The van der Waals surface area contributed by atoms with Crippen LogP contribution in [0.4, 0.5) is 5.13 Å². The second-order valence-corrected chi connectivity index (χ2v) is 5.50. The molecule has 1 aromatic carbocycles. The molecule has 3 aromatic rings. The van der Waals surface area contributed by atoms with Crippen LogP contribution < -0.4 is 5.32 Å². The molecule has 0 fully saturated rings. The molecule has 1 N–H and O–H groups in total. The van der Waals surface area contributed by atoms with Gasteiger partial charge in [0.05, 0.1) is 0 Å². The smallest absolute Gasteiger partial charge is 0.205 e. The molecule has 0 saturated heterocycles. The van der Waals surface area contributed by atoms with Crippen molar-refractivity contribution in [2.75, 3.05) is 11.9 Å². The molecule has 0 aliphatic rings. The van der Waals surface area contributed by atoms with Gasteiger partial charge in [-0.3, -0.25) is 0 Å². The Balaban J connectivity index is 1.68. The Morgan fingerprint density at radius 2 is 2.00 bits per heavy atom. The molecule has 0 aliphatic carbocycles. The number of anilines is 1. The fourth-order valence-corrected chi connectivity index (χ4v) is 2.50. The highest BCUT2D eigenvalue weighted by Gasteiger charge is 2.09. The largest absolute Gasteiger partial charge is 0.360 e. The first-order chi connectivity index (χ1) is 10.3. The minimum absolute atomic E-state index is 0.477. The van der Waals surface area contributed by atoms with Gasteiger partial charge in [0.15, 0.2) is 0 Å². The van der Waals surface area contributed by atoms with Crippen molar-refractivity contribution < 1.29 is 0 Å². The first kappa shape index (κ1) is 13.6. The molecule has 7 nitrogen and oxygen atoms in total. The average Bonchev–Trinajstić information content (AvgIpc) is 3.16. The standard InChI is InChI=1S/C13H15N7S/c1-2-8-14-13-17-15-11(21-13)9-20-18-12(16-19-20)10-6-4-3-5-7-10/h3-7H,2,8-9H2,1H3,(H,14,17). The maximum Gasteiger partial charge on any atom is 0.205 e. The molecule has 2 heterocycles. The van der Waals surface area contributed by atoms with Crippen molar-refractivity contribution in [3.63, 3.8) is 0 Å².